The van der Waals surface area contributed by atoms with Gasteiger partial charge < -0.3 is 0 Å². The van der Waals surface area contributed by atoms with E-state index < -0.39 is 0 Å². The standard InChI is InChI=1S/C20H24FN3/c21-17-9-7-15(8-10-17)19-20(23-12-11-22-19)16-4-3-13-24(14-16)18-5-1-2-6-18/h7-12,16,18H,1-6,13-14H2. The van der Waals surface area contributed by atoms with Crippen molar-refractivity contribution < 1.29 is 4.39 Å². The monoisotopic (exact) mass is 325 g/mol. The highest BCUT2D eigenvalue weighted by Crippen LogP contribution is 2.34. The van der Waals surface area contributed by atoms with Gasteiger partial charge in [-0.1, -0.05) is 12.8 Å². The zero-order valence-corrected chi connectivity index (χ0v) is 14.0. The second kappa shape index (κ2) is 6.98. The summed E-state index contributed by atoms with van der Waals surface area (Å²) in [5.74, 6) is 0.211. The molecule has 1 unspecified atom stereocenters. The third-order valence-electron chi connectivity index (χ3n) is 5.52. The molecule has 2 heterocycles. The van der Waals surface area contributed by atoms with Crippen LogP contribution in [-0.4, -0.2) is 34.0 Å². The van der Waals surface area contributed by atoms with Gasteiger partial charge in [0.1, 0.15) is 5.82 Å². The minimum Gasteiger partial charge on any atom is -0.300 e. The average molecular weight is 325 g/mol. The van der Waals surface area contributed by atoms with E-state index in [1.54, 1.807) is 24.5 Å². The Labute approximate surface area is 142 Å². The Bertz CT molecular complexity index is 680. The van der Waals surface area contributed by atoms with Crippen LogP contribution in [0.15, 0.2) is 36.7 Å². The first kappa shape index (κ1) is 15.7. The Morgan fingerprint density at radius 2 is 1.67 bits per heavy atom. The molecule has 0 amide bonds. The molecule has 1 saturated heterocycles. The number of likely N-dealkylation sites (tertiary alicyclic amines) is 1. The minimum absolute atomic E-state index is 0.214. The lowest BCUT2D eigenvalue weighted by molar-refractivity contribution is 0.149. The second-order valence-corrected chi connectivity index (χ2v) is 7.07. The fourth-order valence-electron chi connectivity index (χ4n) is 4.31. The van der Waals surface area contributed by atoms with E-state index in [4.69, 9.17) is 0 Å². The summed E-state index contributed by atoms with van der Waals surface area (Å²) >= 11 is 0. The molecule has 1 aliphatic carbocycles. The number of benzene rings is 1. The van der Waals surface area contributed by atoms with Crippen LogP contribution in [-0.2, 0) is 0 Å². The topological polar surface area (TPSA) is 29.0 Å². The number of hydrogen-bond acceptors (Lipinski definition) is 3. The van der Waals surface area contributed by atoms with Gasteiger partial charge >= 0.3 is 0 Å². The van der Waals surface area contributed by atoms with Gasteiger partial charge in [0.25, 0.3) is 0 Å². The molecule has 2 aromatic rings. The summed E-state index contributed by atoms with van der Waals surface area (Å²) in [6.07, 6.45) is 11.3. The van der Waals surface area contributed by atoms with Crippen molar-refractivity contribution in [3.05, 3.63) is 48.2 Å². The lowest BCUT2D eigenvalue weighted by Crippen LogP contribution is -2.41. The van der Waals surface area contributed by atoms with E-state index in [0.29, 0.717) is 5.92 Å². The van der Waals surface area contributed by atoms with Gasteiger partial charge in [0, 0.05) is 36.5 Å². The van der Waals surface area contributed by atoms with Crippen molar-refractivity contribution in [3.8, 4) is 11.3 Å². The van der Waals surface area contributed by atoms with E-state index in [1.165, 1.54) is 50.8 Å². The van der Waals surface area contributed by atoms with Gasteiger partial charge in [0.2, 0.25) is 0 Å². The normalized spacial score (nSPS) is 22.8. The Morgan fingerprint density at radius 1 is 0.917 bits per heavy atom. The van der Waals surface area contributed by atoms with E-state index in [1.807, 2.05) is 0 Å². The molecule has 4 heteroatoms. The Kier molecular flexibility index (Phi) is 4.56. The lowest BCUT2D eigenvalue weighted by Gasteiger charge is -2.37. The maximum atomic E-state index is 13.2. The van der Waals surface area contributed by atoms with Crippen LogP contribution in [0.1, 0.15) is 50.1 Å². The van der Waals surface area contributed by atoms with Crippen molar-refractivity contribution in [2.24, 2.45) is 0 Å². The predicted octanol–water partition coefficient (Wildman–Crippen LogP) is 4.40. The molecule has 1 aromatic carbocycles. The maximum Gasteiger partial charge on any atom is 0.123 e. The van der Waals surface area contributed by atoms with E-state index in [9.17, 15) is 4.39 Å². The van der Waals surface area contributed by atoms with Crippen molar-refractivity contribution >= 4 is 0 Å². The number of piperidine rings is 1. The predicted molar refractivity (Wildman–Crippen MR) is 93.2 cm³/mol. The molecule has 4 rings (SSSR count). The molecular formula is C20H24FN3. The molecule has 24 heavy (non-hydrogen) atoms. The molecule has 2 aliphatic rings. The molecule has 1 aliphatic heterocycles. The van der Waals surface area contributed by atoms with E-state index >= 15 is 0 Å². The summed E-state index contributed by atoms with van der Waals surface area (Å²) in [5.41, 5.74) is 2.94. The van der Waals surface area contributed by atoms with Crippen LogP contribution in [0.25, 0.3) is 11.3 Å². The molecule has 1 atom stereocenters. The summed E-state index contributed by atoms with van der Waals surface area (Å²) in [4.78, 5) is 11.9. The van der Waals surface area contributed by atoms with Gasteiger partial charge in [-0.2, -0.15) is 0 Å². The number of aromatic nitrogens is 2. The summed E-state index contributed by atoms with van der Waals surface area (Å²) in [7, 11) is 0. The first-order chi connectivity index (χ1) is 11.8. The molecule has 2 fully saturated rings. The SMILES string of the molecule is Fc1ccc(-c2nccnc2C2CCCN(C3CCCC3)C2)cc1. The highest BCUT2D eigenvalue weighted by Gasteiger charge is 2.30. The van der Waals surface area contributed by atoms with Crippen LogP contribution in [0.4, 0.5) is 4.39 Å². The fourth-order valence-corrected chi connectivity index (χ4v) is 4.31. The first-order valence-electron chi connectivity index (χ1n) is 9.12. The number of halogens is 1. The molecule has 1 aromatic heterocycles. The molecule has 0 spiro atoms. The molecule has 0 bridgehead atoms. The third kappa shape index (κ3) is 3.20. The van der Waals surface area contributed by atoms with Gasteiger partial charge in [-0.15, -0.1) is 0 Å². The van der Waals surface area contributed by atoms with Crippen molar-refractivity contribution in [1.29, 1.82) is 0 Å². The van der Waals surface area contributed by atoms with Crippen LogP contribution in [0.2, 0.25) is 0 Å². The number of hydrogen-bond donors (Lipinski definition) is 0. The number of nitrogens with zero attached hydrogens (tertiary/aromatic N) is 3. The summed E-state index contributed by atoms with van der Waals surface area (Å²) < 4.78 is 13.2. The molecule has 0 N–H and O–H groups in total. The summed E-state index contributed by atoms with van der Waals surface area (Å²) in [6.45, 7) is 2.30. The van der Waals surface area contributed by atoms with Gasteiger partial charge in [0.05, 0.1) is 11.4 Å². The Morgan fingerprint density at radius 3 is 2.46 bits per heavy atom. The maximum absolute atomic E-state index is 13.2. The Balaban J connectivity index is 1.60. The van der Waals surface area contributed by atoms with Crippen molar-refractivity contribution in [2.75, 3.05) is 13.1 Å². The van der Waals surface area contributed by atoms with Crippen molar-refractivity contribution in [2.45, 2.75) is 50.5 Å². The quantitative estimate of drug-likeness (QED) is 0.837. The van der Waals surface area contributed by atoms with Crippen LogP contribution in [0.3, 0.4) is 0 Å². The molecule has 1 saturated carbocycles. The summed E-state index contributed by atoms with van der Waals surface area (Å²) in [5, 5.41) is 0. The molecule has 3 nitrogen and oxygen atoms in total. The molecular weight excluding hydrogens is 301 g/mol. The highest BCUT2D eigenvalue weighted by molar-refractivity contribution is 5.62. The van der Waals surface area contributed by atoms with Crippen LogP contribution >= 0.6 is 0 Å². The van der Waals surface area contributed by atoms with Gasteiger partial charge in [-0.3, -0.25) is 14.9 Å². The fraction of sp³-hybridized carbons (Fsp3) is 0.500. The van der Waals surface area contributed by atoms with Crippen LogP contribution in [0, 0.1) is 5.82 Å². The summed E-state index contributed by atoms with van der Waals surface area (Å²) in [6, 6.07) is 7.37. The third-order valence-corrected chi connectivity index (χ3v) is 5.52. The van der Waals surface area contributed by atoms with Gasteiger partial charge in [0.15, 0.2) is 0 Å². The smallest absolute Gasteiger partial charge is 0.123 e. The minimum atomic E-state index is -0.214. The van der Waals surface area contributed by atoms with E-state index in [-0.39, 0.29) is 5.82 Å². The van der Waals surface area contributed by atoms with Crippen molar-refractivity contribution in [1.82, 2.24) is 14.9 Å². The average Bonchev–Trinajstić information content (AvgIpc) is 3.17. The zero-order valence-electron chi connectivity index (χ0n) is 14.0. The molecule has 126 valence electrons. The van der Waals surface area contributed by atoms with Crippen molar-refractivity contribution in [3.63, 3.8) is 0 Å². The first-order valence-corrected chi connectivity index (χ1v) is 9.12. The lowest BCUT2D eigenvalue weighted by atomic mass is 9.90. The highest BCUT2D eigenvalue weighted by atomic mass is 19.1. The Hall–Kier alpha value is -1.81. The largest absolute Gasteiger partial charge is 0.300 e. The zero-order chi connectivity index (χ0) is 16.4. The van der Waals surface area contributed by atoms with Gasteiger partial charge in [-0.05, 0) is 56.5 Å². The molecule has 0 radical (unpaired) electrons. The second-order valence-electron chi connectivity index (χ2n) is 7.07. The number of rotatable bonds is 3. The van der Waals surface area contributed by atoms with Crippen LogP contribution in [0.5, 0.6) is 0 Å². The van der Waals surface area contributed by atoms with Gasteiger partial charge in [-0.25, -0.2) is 4.39 Å². The van der Waals surface area contributed by atoms with Crippen LogP contribution < -0.4 is 0 Å². The van der Waals surface area contributed by atoms with E-state index in [2.05, 4.69) is 14.9 Å². The van der Waals surface area contributed by atoms with E-state index in [0.717, 1.165) is 36.0 Å².